The van der Waals surface area contributed by atoms with Crippen LogP contribution in [-0.4, -0.2) is 39.8 Å². The van der Waals surface area contributed by atoms with E-state index >= 15 is 0 Å². The summed E-state index contributed by atoms with van der Waals surface area (Å²) in [6.07, 6.45) is 0.109. The quantitative estimate of drug-likeness (QED) is 0.835. The maximum Gasteiger partial charge on any atom is 0.410 e. The summed E-state index contributed by atoms with van der Waals surface area (Å²) in [5, 5.41) is 7.13. The van der Waals surface area contributed by atoms with Crippen LogP contribution in [0.1, 0.15) is 43.5 Å². The van der Waals surface area contributed by atoms with Crippen LogP contribution in [0, 0.1) is 0 Å². The molecule has 8 nitrogen and oxygen atoms in total. The zero-order chi connectivity index (χ0) is 21.0. The summed E-state index contributed by atoms with van der Waals surface area (Å²) in [5.41, 5.74) is 2.90. The van der Waals surface area contributed by atoms with E-state index in [4.69, 9.17) is 4.74 Å². The van der Waals surface area contributed by atoms with Gasteiger partial charge in [-0.2, -0.15) is 5.10 Å². The van der Waals surface area contributed by atoms with Gasteiger partial charge >= 0.3 is 6.09 Å². The Bertz CT molecular complexity index is 950. The van der Waals surface area contributed by atoms with Crippen LogP contribution in [0.4, 0.5) is 10.5 Å². The topological polar surface area (TPSA) is 93.5 Å². The van der Waals surface area contributed by atoms with Gasteiger partial charge in [-0.1, -0.05) is 26.0 Å². The molecule has 1 N–H and O–H groups in total. The Hall–Kier alpha value is -3.16. The van der Waals surface area contributed by atoms with E-state index in [1.807, 2.05) is 24.3 Å². The van der Waals surface area contributed by atoms with Crippen molar-refractivity contribution in [2.75, 3.05) is 18.5 Å². The molecular weight excluding hydrogens is 372 g/mol. The molecule has 2 aromatic rings. The SMILES string of the molecule is CCOC(=O)N1CCc2nn(CC(=O)Nc3ccc(C(C)C)cc3)c(=O)cc2C1. The van der Waals surface area contributed by atoms with Crippen LogP contribution < -0.4 is 10.9 Å². The first-order valence-corrected chi connectivity index (χ1v) is 9.78. The highest BCUT2D eigenvalue weighted by Gasteiger charge is 2.24. The van der Waals surface area contributed by atoms with Gasteiger partial charge in [-0.25, -0.2) is 9.48 Å². The van der Waals surface area contributed by atoms with E-state index in [0.717, 1.165) is 10.4 Å². The van der Waals surface area contributed by atoms with Gasteiger partial charge in [0.2, 0.25) is 5.91 Å². The lowest BCUT2D eigenvalue weighted by molar-refractivity contribution is -0.117. The van der Waals surface area contributed by atoms with Crippen molar-refractivity contribution in [3.05, 3.63) is 57.5 Å². The number of hydrogen-bond donors (Lipinski definition) is 1. The number of carbonyl (C=O) groups is 2. The highest BCUT2D eigenvalue weighted by Crippen LogP contribution is 2.18. The second-order valence-corrected chi connectivity index (χ2v) is 7.31. The second kappa shape index (κ2) is 8.89. The smallest absolute Gasteiger partial charge is 0.410 e. The van der Waals surface area contributed by atoms with Crippen LogP contribution >= 0.6 is 0 Å². The highest BCUT2D eigenvalue weighted by atomic mass is 16.6. The highest BCUT2D eigenvalue weighted by molar-refractivity contribution is 5.90. The molecule has 0 saturated carbocycles. The number of rotatable bonds is 5. The van der Waals surface area contributed by atoms with E-state index in [-0.39, 0.29) is 24.6 Å². The number of aromatic nitrogens is 2. The molecule has 0 spiro atoms. The third kappa shape index (κ3) is 5.01. The maximum absolute atomic E-state index is 12.4. The molecular formula is C21H26N4O4. The summed E-state index contributed by atoms with van der Waals surface area (Å²) in [6.45, 7) is 6.84. The Kier molecular flexibility index (Phi) is 6.31. The van der Waals surface area contributed by atoms with Gasteiger partial charge in [0.25, 0.3) is 5.56 Å². The zero-order valence-electron chi connectivity index (χ0n) is 17.0. The van der Waals surface area contributed by atoms with Crippen molar-refractivity contribution < 1.29 is 14.3 Å². The normalized spacial score (nSPS) is 13.2. The Labute approximate surface area is 169 Å². The summed E-state index contributed by atoms with van der Waals surface area (Å²) in [4.78, 5) is 38.2. The van der Waals surface area contributed by atoms with Crippen LogP contribution in [0.25, 0.3) is 0 Å². The molecule has 8 heteroatoms. The minimum absolute atomic E-state index is 0.167. The van der Waals surface area contributed by atoms with Gasteiger partial charge in [-0.3, -0.25) is 9.59 Å². The molecule has 1 aliphatic rings. The average molecular weight is 398 g/mol. The first-order chi connectivity index (χ1) is 13.9. The fourth-order valence-corrected chi connectivity index (χ4v) is 3.21. The number of ether oxygens (including phenoxy) is 1. The molecule has 1 aliphatic heterocycles. The number of nitrogens with one attached hydrogen (secondary N) is 1. The summed E-state index contributed by atoms with van der Waals surface area (Å²) < 4.78 is 6.17. The van der Waals surface area contributed by atoms with Gasteiger partial charge in [-0.05, 0) is 30.5 Å². The van der Waals surface area contributed by atoms with Crippen LogP contribution in [-0.2, 0) is 29.0 Å². The van der Waals surface area contributed by atoms with Crippen molar-refractivity contribution >= 4 is 17.7 Å². The fraction of sp³-hybridized carbons (Fsp3) is 0.429. The van der Waals surface area contributed by atoms with Crippen molar-refractivity contribution in [3.63, 3.8) is 0 Å². The molecule has 0 fully saturated rings. The molecule has 1 aromatic carbocycles. The largest absolute Gasteiger partial charge is 0.450 e. The fourth-order valence-electron chi connectivity index (χ4n) is 3.21. The Balaban J connectivity index is 1.67. The maximum atomic E-state index is 12.4. The van der Waals surface area contributed by atoms with E-state index in [0.29, 0.717) is 36.7 Å². The number of fused-ring (bicyclic) bond motifs is 1. The van der Waals surface area contributed by atoms with Gasteiger partial charge in [-0.15, -0.1) is 0 Å². The summed E-state index contributed by atoms with van der Waals surface area (Å²) in [5.74, 6) is 0.0959. The lowest BCUT2D eigenvalue weighted by Crippen LogP contribution is -2.39. The molecule has 0 unspecified atom stereocenters. The molecule has 3 rings (SSSR count). The Morgan fingerprint density at radius 1 is 1.24 bits per heavy atom. The monoisotopic (exact) mass is 398 g/mol. The zero-order valence-corrected chi connectivity index (χ0v) is 17.0. The lowest BCUT2D eigenvalue weighted by Gasteiger charge is -2.27. The van der Waals surface area contributed by atoms with Gasteiger partial charge in [0.05, 0.1) is 18.8 Å². The summed E-state index contributed by atoms with van der Waals surface area (Å²) in [7, 11) is 0. The van der Waals surface area contributed by atoms with E-state index < -0.39 is 6.09 Å². The predicted molar refractivity (Wildman–Crippen MR) is 109 cm³/mol. The lowest BCUT2D eigenvalue weighted by atomic mass is 10.0. The van der Waals surface area contributed by atoms with E-state index in [9.17, 15) is 14.4 Å². The summed E-state index contributed by atoms with van der Waals surface area (Å²) >= 11 is 0. The molecule has 2 heterocycles. The third-order valence-electron chi connectivity index (χ3n) is 4.82. The molecule has 1 aromatic heterocycles. The molecule has 0 atom stereocenters. The van der Waals surface area contributed by atoms with Gasteiger partial charge < -0.3 is 15.0 Å². The molecule has 0 radical (unpaired) electrons. The van der Waals surface area contributed by atoms with Crippen molar-refractivity contribution in [2.24, 2.45) is 0 Å². The number of anilines is 1. The molecule has 0 aliphatic carbocycles. The van der Waals surface area contributed by atoms with Crippen molar-refractivity contribution in [1.29, 1.82) is 0 Å². The number of carbonyl (C=O) groups excluding carboxylic acids is 2. The number of amides is 2. The Morgan fingerprint density at radius 3 is 2.62 bits per heavy atom. The van der Waals surface area contributed by atoms with Gasteiger partial charge in [0.15, 0.2) is 0 Å². The minimum atomic E-state index is -0.398. The average Bonchev–Trinajstić information content (AvgIpc) is 2.68. The van der Waals surface area contributed by atoms with E-state index in [1.165, 1.54) is 11.6 Å². The standard InChI is InChI=1S/C21H26N4O4/c1-4-29-21(28)24-10-9-18-16(12-24)11-20(27)25(23-18)13-19(26)22-17-7-5-15(6-8-17)14(2)3/h5-8,11,14H,4,9-10,12-13H2,1-3H3,(H,22,26). The van der Waals surface area contributed by atoms with Crippen LogP contribution in [0.2, 0.25) is 0 Å². The van der Waals surface area contributed by atoms with Crippen LogP contribution in [0.5, 0.6) is 0 Å². The predicted octanol–water partition coefficient (Wildman–Crippen LogP) is 2.52. The molecule has 154 valence electrons. The molecule has 29 heavy (non-hydrogen) atoms. The third-order valence-corrected chi connectivity index (χ3v) is 4.82. The number of hydrogen-bond acceptors (Lipinski definition) is 5. The van der Waals surface area contributed by atoms with Crippen molar-refractivity contribution in [3.8, 4) is 0 Å². The molecule has 0 saturated heterocycles. The van der Waals surface area contributed by atoms with Gasteiger partial charge in [0.1, 0.15) is 6.54 Å². The van der Waals surface area contributed by atoms with Gasteiger partial charge in [0, 0.05) is 30.3 Å². The van der Waals surface area contributed by atoms with Crippen molar-refractivity contribution in [1.82, 2.24) is 14.7 Å². The first kappa shape index (κ1) is 20.6. The minimum Gasteiger partial charge on any atom is -0.450 e. The van der Waals surface area contributed by atoms with Crippen molar-refractivity contribution in [2.45, 2.75) is 46.2 Å². The Morgan fingerprint density at radius 2 is 1.97 bits per heavy atom. The summed E-state index contributed by atoms with van der Waals surface area (Å²) in [6, 6.07) is 9.08. The van der Waals surface area contributed by atoms with E-state index in [2.05, 4.69) is 24.3 Å². The first-order valence-electron chi connectivity index (χ1n) is 9.78. The second-order valence-electron chi connectivity index (χ2n) is 7.31. The molecule has 2 amide bonds. The number of nitrogens with zero attached hydrogens (tertiary/aromatic N) is 3. The van der Waals surface area contributed by atoms with Crippen LogP contribution in [0.3, 0.4) is 0 Å². The number of benzene rings is 1. The van der Waals surface area contributed by atoms with E-state index in [1.54, 1.807) is 11.8 Å². The van der Waals surface area contributed by atoms with Crippen LogP contribution in [0.15, 0.2) is 35.1 Å². The molecule has 0 bridgehead atoms.